The number of sulfone groups is 1. The fourth-order valence-corrected chi connectivity index (χ4v) is 6.00. The first-order chi connectivity index (χ1) is 17.0. The summed E-state index contributed by atoms with van der Waals surface area (Å²) in [5.41, 5.74) is 1.74. The fourth-order valence-electron chi connectivity index (χ4n) is 3.92. The van der Waals surface area contributed by atoms with Crippen molar-refractivity contribution < 1.29 is 26.0 Å². The largest absolute Gasteiger partial charge is 0.354 e. The van der Waals surface area contributed by atoms with E-state index in [-0.39, 0.29) is 28.0 Å². The summed E-state index contributed by atoms with van der Waals surface area (Å²) in [6.07, 6.45) is 1.90. The molecule has 36 heavy (non-hydrogen) atoms. The molecule has 0 bridgehead atoms. The molecule has 1 heterocycles. The highest BCUT2D eigenvalue weighted by Crippen LogP contribution is 2.28. The molecule has 0 unspecified atom stereocenters. The molecule has 3 aromatic carbocycles. The van der Waals surface area contributed by atoms with Crippen LogP contribution in [0.25, 0.3) is 10.9 Å². The number of nitrogens with one attached hydrogen (secondary N) is 1. The van der Waals surface area contributed by atoms with Crippen molar-refractivity contribution in [1.29, 1.82) is 0 Å². The maximum atomic E-state index is 13.5. The van der Waals surface area contributed by atoms with Gasteiger partial charge in [-0.15, -0.1) is 0 Å². The number of carbonyl (C=O) groups is 1. The Labute approximate surface area is 208 Å². The van der Waals surface area contributed by atoms with E-state index >= 15 is 0 Å². The summed E-state index contributed by atoms with van der Waals surface area (Å²) < 4.78 is 64.1. The van der Waals surface area contributed by atoms with Crippen LogP contribution in [0.1, 0.15) is 11.1 Å². The summed E-state index contributed by atoms with van der Waals surface area (Å²) in [5.74, 6) is -1.19. The minimum absolute atomic E-state index is 0.0120. The quantitative estimate of drug-likeness (QED) is 0.345. The number of halogens is 1. The van der Waals surface area contributed by atoms with Crippen LogP contribution in [-0.2, 0) is 43.4 Å². The number of para-hydroxylation sites is 1. The van der Waals surface area contributed by atoms with E-state index < -0.39 is 25.7 Å². The smallest absolute Gasteiger partial charge is 0.239 e. The normalized spacial score (nSPS) is 12.1. The molecule has 0 saturated carbocycles. The molecule has 1 amide bonds. The van der Waals surface area contributed by atoms with Crippen LogP contribution in [0.2, 0.25) is 0 Å². The van der Waals surface area contributed by atoms with Crippen LogP contribution in [-0.4, -0.2) is 33.9 Å². The van der Waals surface area contributed by atoms with E-state index in [1.165, 1.54) is 36.5 Å². The third-order valence-corrected chi connectivity index (χ3v) is 8.27. The summed E-state index contributed by atoms with van der Waals surface area (Å²) in [6, 6.07) is 18.4. The maximum Gasteiger partial charge on any atom is 0.239 e. The van der Waals surface area contributed by atoms with Gasteiger partial charge < -0.3 is 9.88 Å². The van der Waals surface area contributed by atoms with Crippen molar-refractivity contribution in [3.05, 3.63) is 95.9 Å². The van der Waals surface area contributed by atoms with E-state index in [4.69, 9.17) is 5.14 Å². The Morgan fingerprint density at radius 3 is 2.33 bits per heavy atom. The highest BCUT2D eigenvalue weighted by atomic mass is 32.2. The van der Waals surface area contributed by atoms with Gasteiger partial charge in [0.2, 0.25) is 15.9 Å². The monoisotopic (exact) mass is 529 g/mol. The molecule has 8 nitrogen and oxygen atoms in total. The highest BCUT2D eigenvalue weighted by Gasteiger charge is 2.22. The Hall–Kier alpha value is -3.54. The topological polar surface area (TPSA) is 128 Å². The van der Waals surface area contributed by atoms with Gasteiger partial charge in [-0.3, -0.25) is 4.79 Å². The minimum Gasteiger partial charge on any atom is -0.354 e. The SMILES string of the molecule is NS(=O)(=O)c1ccc(CCNC(=O)Cn2cc(S(=O)(=O)Cc3cccc(F)c3)c3ccccc32)cc1. The van der Waals surface area contributed by atoms with E-state index in [2.05, 4.69) is 5.32 Å². The third kappa shape index (κ3) is 5.99. The van der Waals surface area contributed by atoms with Gasteiger partial charge in [0.15, 0.2) is 9.84 Å². The summed E-state index contributed by atoms with van der Waals surface area (Å²) in [6.45, 7) is 0.206. The lowest BCUT2D eigenvalue weighted by Crippen LogP contribution is -2.29. The molecule has 0 fully saturated rings. The molecular weight excluding hydrogens is 505 g/mol. The van der Waals surface area contributed by atoms with Gasteiger partial charge in [-0.05, 0) is 47.9 Å². The standard InChI is InChI=1S/C25H24FN3O5S2/c26-20-5-3-4-19(14-20)17-35(31,32)24-15-29(23-7-2-1-6-22(23)24)16-25(30)28-13-12-18-8-10-21(11-9-18)36(27,33)34/h1-11,14-15H,12-13,16-17H2,(H,28,30)(H2,27,33,34). The molecule has 0 radical (unpaired) electrons. The van der Waals surface area contributed by atoms with Gasteiger partial charge in [0.1, 0.15) is 12.4 Å². The first-order valence-electron chi connectivity index (χ1n) is 11.0. The molecule has 0 aliphatic heterocycles. The number of hydrogen-bond acceptors (Lipinski definition) is 5. The average molecular weight is 530 g/mol. The number of fused-ring (bicyclic) bond motifs is 1. The van der Waals surface area contributed by atoms with Crippen molar-refractivity contribution in [3.8, 4) is 0 Å². The molecule has 0 spiro atoms. The molecule has 1 aromatic heterocycles. The van der Waals surface area contributed by atoms with Crippen LogP contribution in [0.3, 0.4) is 0 Å². The summed E-state index contributed by atoms with van der Waals surface area (Å²) >= 11 is 0. The van der Waals surface area contributed by atoms with E-state index in [1.807, 2.05) is 0 Å². The average Bonchev–Trinajstić information content (AvgIpc) is 3.18. The lowest BCUT2D eigenvalue weighted by atomic mass is 10.1. The van der Waals surface area contributed by atoms with E-state index in [9.17, 15) is 26.0 Å². The molecular formula is C25H24FN3O5S2. The zero-order chi connectivity index (χ0) is 25.9. The van der Waals surface area contributed by atoms with Gasteiger partial charge in [-0.25, -0.2) is 26.4 Å². The number of nitrogens with two attached hydrogens (primary N) is 1. The summed E-state index contributed by atoms with van der Waals surface area (Å²) in [4.78, 5) is 12.7. The van der Waals surface area contributed by atoms with Crippen molar-refractivity contribution in [2.75, 3.05) is 6.54 Å². The predicted octanol–water partition coefficient (Wildman–Crippen LogP) is 2.76. The molecule has 11 heteroatoms. The lowest BCUT2D eigenvalue weighted by molar-refractivity contribution is -0.121. The first kappa shape index (κ1) is 25.5. The molecule has 0 aliphatic carbocycles. The van der Waals surface area contributed by atoms with Gasteiger partial charge in [0, 0.05) is 23.6 Å². The summed E-state index contributed by atoms with van der Waals surface area (Å²) in [5, 5.41) is 8.37. The molecule has 0 atom stereocenters. The molecule has 0 aliphatic rings. The van der Waals surface area contributed by atoms with Gasteiger partial charge in [0.05, 0.1) is 15.5 Å². The Bertz CT molecular complexity index is 1630. The van der Waals surface area contributed by atoms with Crippen LogP contribution in [0.4, 0.5) is 4.39 Å². The Morgan fingerprint density at radius 2 is 1.64 bits per heavy atom. The second-order valence-electron chi connectivity index (χ2n) is 8.32. The van der Waals surface area contributed by atoms with Gasteiger partial charge >= 0.3 is 0 Å². The number of nitrogens with zero attached hydrogens (tertiary/aromatic N) is 1. The molecule has 0 saturated heterocycles. The first-order valence-corrected chi connectivity index (χ1v) is 14.2. The molecule has 4 rings (SSSR count). The van der Waals surface area contributed by atoms with Crippen molar-refractivity contribution in [1.82, 2.24) is 9.88 Å². The number of rotatable bonds is 9. The Kier molecular flexibility index (Phi) is 7.25. The van der Waals surface area contributed by atoms with Crippen LogP contribution in [0.15, 0.2) is 88.8 Å². The lowest BCUT2D eigenvalue weighted by Gasteiger charge is -2.08. The van der Waals surface area contributed by atoms with E-state index in [0.29, 0.717) is 29.4 Å². The number of amides is 1. The number of benzene rings is 3. The Balaban J connectivity index is 1.46. The zero-order valence-corrected chi connectivity index (χ0v) is 20.7. The maximum absolute atomic E-state index is 13.5. The second kappa shape index (κ2) is 10.2. The van der Waals surface area contributed by atoms with Gasteiger partial charge in [-0.1, -0.05) is 42.5 Å². The Morgan fingerprint density at radius 1 is 0.917 bits per heavy atom. The number of primary sulfonamides is 1. The predicted molar refractivity (Wildman–Crippen MR) is 134 cm³/mol. The zero-order valence-electron chi connectivity index (χ0n) is 19.1. The van der Waals surface area contributed by atoms with E-state index in [0.717, 1.165) is 5.56 Å². The number of carbonyl (C=O) groups excluding carboxylic acids is 1. The van der Waals surface area contributed by atoms with Crippen molar-refractivity contribution in [2.45, 2.75) is 28.5 Å². The van der Waals surface area contributed by atoms with Crippen LogP contribution in [0.5, 0.6) is 0 Å². The number of hydrogen-bond donors (Lipinski definition) is 2. The van der Waals surface area contributed by atoms with Crippen LogP contribution < -0.4 is 10.5 Å². The highest BCUT2D eigenvalue weighted by molar-refractivity contribution is 7.91. The van der Waals surface area contributed by atoms with Crippen molar-refractivity contribution in [3.63, 3.8) is 0 Å². The van der Waals surface area contributed by atoms with Crippen molar-refractivity contribution >= 4 is 36.7 Å². The molecule has 4 aromatic rings. The van der Waals surface area contributed by atoms with Gasteiger partial charge in [-0.2, -0.15) is 0 Å². The van der Waals surface area contributed by atoms with E-state index in [1.54, 1.807) is 47.0 Å². The van der Waals surface area contributed by atoms with Crippen molar-refractivity contribution in [2.24, 2.45) is 5.14 Å². The fraction of sp³-hybridized carbons (Fsp3) is 0.160. The van der Waals surface area contributed by atoms with Gasteiger partial charge in [0.25, 0.3) is 0 Å². The van der Waals surface area contributed by atoms with Crippen LogP contribution >= 0.6 is 0 Å². The third-order valence-electron chi connectivity index (χ3n) is 5.63. The number of sulfonamides is 1. The van der Waals surface area contributed by atoms with Crippen LogP contribution in [0, 0.1) is 5.82 Å². The number of aromatic nitrogens is 1. The molecule has 3 N–H and O–H groups in total. The second-order valence-corrected chi connectivity index (χ2v) is 11.8. The minimum atomic E-state index is -3.81. The molecule has 188 valence electrons. The summed E-state index contributed by atoms with van der Waals surface area (Å²) in [7, 11) is -7.58.